The van der Waals surface area contributed by atoms with Crippen molar-refractivity contribution in [1.82, 2.24) is 0 Å². The van der Waals surface area contributed by atoms with Crippen LogP contribution in [0.15, 0.2) is 30.3 Å². The Balaban J connectivity index is 2.37. The highest BCUT2D eigenvalue weighted by molar-refractivity contribution is 6.44. The Bertz CT molecular complexity index is 886. The van der Waals surface area contributed by atoms with Crippen LogP contribution in [0.1, 0.15) is 20.7 Å². The van der Waals surface area contributed by atoms with Gasteiger partial charge < -0.3 is 10.1 Å². The van der Waals surface area contributed by atoms with Crippen molar-refractivity contribution in [3.05, 3.63) is 66.6 Å². The number of hydrogen-bond donors (Lipinski definition) is 1. The van der Waals surface area contributed by atoms with E-state index in [9.17, 15) is 19.7 Å². The molecule has 0 atom stereocenters. The molecule has 25 heavy (non-hydrogen) atoms. The Labute approximate surface area is 156 Å². The first-order chi connectivity index (χ1) is 11.7. The summed E-state index contributed by atoms with van der Waals surface area (Å²) in [6.07, 6.45) is 0. The smallest absolute Gasteiger partial charge is 0.344 e. The van der Waals surface area contributed by atoms with Crippen molar-refractivity contribution in [1.29, 1.82) is 0 Å². The maximum absolute atomic E-state index is 12.3. The Morgan fingerprint density at radius 1 is 1.08 bits per heavy atom. The number of benzene rings is 2. The second-order valence-electron chi connectivity index (χ2n) is 4.68. The van der Waals surface area contributed by atoms with Crippen molar-refractivity contribution in [2.45, 2.75) is 0 Å². The van der Waals surface area contributed by atoms with Crippen molar-refractivity contribution in [2.75, 3.05) is 12.4 Å². The molecule has 2 rings (SSSR count). The summed E-state index contributed by atoms with van der Waals surface area (Å²) >= 11 is 17.7. The van der Waals surface area contributed by atoms with Gasteiger partial charge in [-0.25, -0.2) is 4.79 Å². The summed E-state index contributed by atoms with van der Waals surface area (Å²) in [6, 6.07) is 6.05. The lowest BCUT2D eigenvalue weighted by atomic mass is 10.1. The topological polar surface area (TPSA) is 98.5 Å². The van der Waals surface area contributed by atoms with Gasteiger partial charge in [0.2, 0.25) is 0 Å². The van der Waals surface area contributed by atoms with Crippen LogP contribution in [-0.2, 0) is 4.74 Å². The van der Waals surface area contributed by atoms with Gasteiger partial charge in [0.1, 0.15) is 5.56 Å². The predicted octanol–water partition coefficient (Wildman–Crippen LogP) is 4.59. The van der Waals surface area contributed by atoms with E-state index in [2.05, 4.69) is 10.1 Å². The Kier molecular flexibility index (Phi) is 5.84. The lowest BCUT2D eigenvalue weighted by Crippen LogP contribution is -2.14. The fourth-order valence-electron chi connectivity index (χ4n) is 1.92. The number of nitro groups is 1. The van der Waals surface area contributed by atoms with Crippen molar-refractivity contribution in [2.24, 2.45) is 0 Å². The van der Waals surface area contributed by atoms with Gasteiger partial charge in [-0.2, -0.15) is 0 Å². The molecule has 130 valence electrons. The number of nitro benzene ring substituents is 1. The lowest BCUT2D eigenvalue weighted by molar-refractivity contribution is -0.385. The van der Waals surface area contributed by atoms with Crippen LogP contribution in [0.5, 0.6) is 0 Å². The zero-order valence-electron chi connectivity index (χ0n) is 12.5. The fraction of sp³-hybridized carbons (Fsp3) is 0.0667. The van der Waals surface area contributed by atoms with Gasteiger partial charge in [-0.05, 0) is 24.3 Å². The van der Waals surface area contributed by atoms with Gasteiger partial charge in [0.15, 0.2) is 0 Å². The number of nitrogens with one attached hydrogen (secondary N) is 1. The van der Waals surface area contributed by atoms with Crippen LogP contribution in [0, 0.1) is 10.1 Å². The number of esters is 1. The molecule has 0 bridgehead atoms. The molecule has 0 radical (unpaired) electrons. The number of carbonyl (C=O) groups excluding carboxylic acids is 2. The van der Waals surface area contributed by atoms with Crippen molar-refractivity contribution >= 4 is 58.1 Å². The van der Waals surface area contributed by atoms with E-state index >= 15 is 0 Å². The molecule has 1 amide bonds. The molecule has 1 N–H and O–H groups in total. The molecule has 0 unspecified atom stereocenters. The first-order valence-electron chi connectivity index (χ1n) is 6.57. The van der Waals surface area contributed by atoms with Crippen LogP contribution in [-0.4, -0.2) is 23.9 Å². The van der Waals surface area contributed by atoms with E-state index < -0.39 is 22.5 Å². The molecular weight excluding hydrogens is 395 g/mol. The highest BCUT2D eigenvalue weighted by atomic mass is 35.5. The summed E-state index contributed by atoms with van der Waals surface area (Å²) in [4.78, 5) is 34.2. The summed E-state index contributed by atoms with van der Waals surface area (Å²) in [5.41, 5.74) is -0.696. The first kappa shape index (κ1) is 19.0. The maximum atomic E-state index is 12.3. The summed E-state index contributed by atoms with van der Waals surface area (Å²) in [5, 5.41) is 14.1. The van der Waals surface area contributed by atoms with Crippen LogP contribution < -0.4 is 5.32 Å². The highest BCUT2D eigenvalue weighted by Crippen LogP contribution is 2.32. The summed E-state index contributed by atoms with van der Waals surface area (Å²) in [6.45, 7) is 0. The number of carbonyl (C=O) groups is 2. The molecule has 0 saturated carbocycles. The molecule has 0 aliphatic heterocycles. The second-order valence-corrected chi connectivity index (χ2v) is 5.90. The molecule has 0 aliphatic rings. The van der Waals surface area contributed by atoms with Crippen LogP contribution >= 0.6 is 34.8 Å². The zero-order valence-corrected chi connectivity index (χ0v) is 14.8. The number of anilines is 1. The van der Waals surface area contributed by atoms with E-state index in [4.69, 9.17) is 34.8 Å². The molecule has 0 heterocycles. The molecule has 0 saturated heterocycles. The van der Waals surface area contributed by atoms with E-state index in [1.165, 1.54) is 18.2 Å². The minimum atomic E-state index is -0.883. The van der Waals surface area contributed by atoms with Gasteiger partial charge >= 0.3 is 5.97 Å². The average molecular weight is 404 g/mol. The maximum Gasteiger partial charge on any atom is 0.344 e. The number of halogens is 3. The SMILES string of the molecule is COC(=O)c1ccc(C(=O)Nc2cc(Cl)c(Cl)cc2Cl)cc1[N+](=O)[O-]. The number of nitrogens with zero attached hydrogens (tertiary/aromatic N) is 1. The molecule has 7 nitrogen and oxygen atoms in total. The largest absolute Gasteiger partial charge is 0.465 e. The number of rotatable bonds is 4. The summed E-state index contributed by atoms with van der Waals surface area (Å²) < 4.78 is 4.47. The lowest BCUT2D eigenvalue weighted by Gasteiger charge is -2.09. The minimum absolute atomic E-state index is 0.0542. The highest BCUT2D eigenvalue weighted by Gasteiger charge is 2.23. The van der Waals surface area contributed by atoms with Gasteiger partial charge in [-0.1, -0.05) is 34.8 Å². The number of hydrogen-bond acceptors (Lipinski definition) is 5. The molecule has 2 aromatic rings. The minimum Gasteiger partial charge on any atom is -0.465 e. The van der Waals surface area contributed by atoms with E-state index in [0.717, 1.165) is 19.2 Å². The van der Waals surface area contributed by atoms with E-state index in [0.29, 0.717) is 0 Å². The number of ether oxygens (including phenoxy) is 1. The van der Waals surface area contributed by atoms with Gasteiger partial charge in [-0.3, -0.25) is 14.9 Å². The molecule has 0 aromatic heterocycles. The van der Waals surface area contributed by atoms with Crippen LogP contribution in [0.3, 0.4) is 0 Å². The summed E-state index contributed by atoms with van der Waals surface area (Å²) in [7, 11) is 1.10. The zero-order chi connectivity index (χ0) is 18.7. The fourth-order valence-corrected chi connectivity index (χ4v) is 2.51. The molecule has 0 aliphatic carbocycles. The van der Waals surface area contributed by atoms with Crippen molar-refractivity contribution < 1.29 is 19.2 Å². The summed E-state index contributed by atoms with van der Waals surface area (Å²) in [5.74, 6) is -1.56. The van der Waals surface area contributed by atoms with E-state index in [1.807, 2.05) is 0 Å². The second kappa shape index (κ2) is 7.69. The monoisotopic (exact) mass is 402 g/mol. The first-order valence-corrected chi connectivity index (χ1v) is 7.70. The third kappa shape index (κ3) is 4.19. The van der Waals surface area contributed by atoms with Crippen LogP contribution in [0.25, 0.3) is 0 Å². The molecule has 0 fully saturated rings. The third-order valence-electron chi connectivity index (χ3n) is 3.12. The Morgan fingerprint density at radius 2 is 1.72 bits per heavy atom. The van der Waals surface area contributed by atoms with E-state index in [-0.39, 0.29) is 31.9 Å². The normalized spacial score (nSPS) is 10.2. The van der Waals surface area contributed by atoms with Crippen LogP contribution in [0.4, 0.5) is 11.4 Å². The van der Waals surface area contributed by atoms with Gasteiger partial charge in [-0.15, -0.1) is 0 Å². The molecule has 0 spiro atoms. The van der Waals surface area contributed by atoms with E-state index in [1.54, 1.807) is 0 Å². The number of amides is 1. The number of methoxy groups -OCH3 is 1. The average Bonchev–Trinajstić information content (AvgIpc) is 2.58. The predicted molar refractivity (Wildman–Crippen MR) is 93.9 cm³/mol. The molecule has 2 aromatic carbocycles. The van der Waals surface area contributed by atoms with Crippen molar-refractivity contribution in [3.8, 4) is 0 Å². The Hall–Kier alpha value is -2.35. The van der Waals surface area contributed by atoms with Gasteiger partial charge in [0.25, 0.3) is 11.6 Å². The molecular formula is C15H9Cl3N2O5. The van der Waals surface area contributed by atoms with Crippen molar-refractivity contribution in [3.63, 3.8) is 0 Å². The van der Waals surface area contributed by atoms with Gasteiger partial charge in [0, 0.05) is 11.6 Å². The third-order valence-corrected chi connectivity index (χ3v) is 4.15. The van der Waals surface area contributed by atoms with Gasteiger partial charge in [0.05, 0.1) is 32.8 Å². The Morgan fingerprint density at radius 3 is 2.32 bits per heavy atom. The van der Waals surface area contributed by atoms with Crippen LogP contribution in [0.2, 0.25) is 15.1 Å². The standard InChI is InChI=1S/C15H9Cl3N2O5/c1-25-15(22)8-3-2-7(4-13(8)20(23)24)14(21)19-12-6-10(17)9(16)5-11(12)18/h2-6H,1H3,(H,19,21). The quantitative estimate of drug-likeness (QED) is 0.348. The molecule has 10 heteroatoms.